The van der Waals surface area contributed by atoms with Crippen LogP contribution in [0.25, 0.3) is 22.4 Å². The summed E-state index contributed by atoms with van der Waals surface area (Å²) in [6.45, 7) is 0.723. The Labute approximate surface area is 163 Å². The van der Waals surface area contributed by atoms with Gasteiger partial charge >= 0.3 is 0 Å². The minimum Gasteiger partial charge on any atom is -0.294 e. The first-order chi connectivity index (χ1) is 13.8. The van der Waals surface area contributed by atoms with Crippen LogP contribution >= 0.6 is 0 Å². The molecule has 1 aliphatic carbocycles. The summed E-state index contributed by atoms with van der Waals surface area (Å²) in [6, 6.07) is 20.6. The van der Waals surface area contributed by atoms with Crippen LogP contribution in [-0.2, 0) is 13.0 Å². The van der Waals surface area contributed by atoms with Gasteiger partial charge in [-0.15, -0.1) is 0 Å². The fourth-order valence-corrected chi connectivity index (χ4v) is 3.77. The number of rotatable bonds is 4. The normalized spacial score (nSPS) is 12.9. The van der Waals surface area contributed by atoms with Gasteiger partial charge < -0.3 is 0 Å². The van der Waals surface area contributed by atoms with E-state index in [9.17, 15) is 4.79 Å². The molecule has 4 nitrogen and oxygen atoms in total. The van der Waals surface area contributed by atoms with Crippen molar-refractivity contribution in [1.82, 2.24) is 14.8 Å². The molecule has 1 aliphatic rings. The molecule has 0 fully saturated rings. The number of aromatic nitrogens is 3. The largest absolute Gasteiger partial charge is 0.294 e. The van der Waals surface area contributed by atoms with E-state index in [4.69, 9.17) is 5.10 Å². The molecule has 0 amide bonds. The maximum absolute atomic E-state index is 11.9. The Hall–Kier alpha value is -3.53. The van der Waals surface area contributed by atoms with E-state index < -0.39 is 0 Å². The van der Waals surface area contributed by atoms with Crippen molar-refractivity contribution < 1.29 is 4.79 Å². The summed E-state index contributed by atoms with van der Waals surface area (Å²) in [5, 5.41) is 4.73. The second-order valence-electron chi connectivity index (χ2n) is 7.13. The number of benzene rings is 2. The highest BCUT2D eigenvalue weighted by Crippen LogP contribution is 2.30. The smallest absolute Gasteiger partial charge is 0.163 e. The molecule has 28 heavy (non-hydrogen) atoms. The molecule has 2 heterocycles. The van der Waals surface area contributed by atoms with Crippen molar-refractivity contribution in [2.24, 2.45) is 0 Å². The Morgan fingerprint density at radius 3 is 2.57 bits per heavy atom. The number of carbonyl (C=O) groups is 1. The van der Waals surface area contributed by atoms with Crippen molar-refractivity contribution in [2.45, 2.75) is 19.4 Å². The summed E-state index contributed by atoms with van der Waals surface area (Å²) in [5.41, 5.74) is 7.54. The van der Waals surface area contributed by atoms with Gasteiger partial charge in [-0.05, 0) is 52.9 Å². The third-order valence-corrected chi connectivity index (χ3v) is 5.25. The van der Waals surface area contributed by atoms with Gasteiger partial charge in [-0.3, -0.25) is 14.5 Å². The number of hydrogen-bond donors (Lipinski definition) is 0. The zero-order valence-corrected chi connectivity index (χ0v) is 15.4. The van der Waals surface area contributed by atoms with Crippen molar-refractivity contribution in [1.29, 1.82) is 0 Å². The number of nitrogens with zero attached hydrogens (tertiary/aromatic N) is 3. The number of Topliss-reactive ketones (excluding diaryl/α,β-unsaturated/α-hetero) is 1. The van der Waals surface area contributed by atoms with Gasteiger partial charge in [-0.1, -0.05) is 36.4 Å². The summed E-state index contributed by atoms with van der Waals surface area (Å²) in [7, 11) is 0. The first-order valence-electron chi connectivity index (χ1n) is 9.45. The molecule has 0 N–H and O–H groups in total. The number of ketones is 1. The molecule has 0 unspecified atom stereocenters. The van der Waals surface area contributed by atoms with Crippen molar-refractivity contribution >= 4 is 5.78 Å². The molecular formula is C24H19N3O. The lowest BCUT2D eigenvalue weighted by molar-refractivity contribution is 0.0994. The average molecular weight is 365 g/mol. The van der Waals surface area contributed by atoms with Gasteiger partial charge in [-0.2, -0.15) is 5.10 Å². The van der Waals surface area contributed by atoms with Crippen molar-refractivity contribution in [2.75, 3.05) is 0 Å². The molecule has 136 valence electrons. The lowest BCUT2D eigenvalue weighted by Crippen LogP contribution is -2.00. The molecule has 0 bridgehead atoms. The summed E-state index contributed by atoms with van der Waals surface area (Å²) >= 11 is 0. The van der Waals surface area contributed by atoms with Crippen LogP contribution in [0.2, 0.25) is 0 Å². The van der Waals surface area contributed by atoms with Crippen LogP contribution in [0.5, 0.6) is 0 Å². The Morgan fingerprint density at radius 2 is 1.68 bits per heavy atom. The molecule has 0 saturated carbocycles. The molecule has 0 aliphatic heterocycles. The number of hydrogen-bond acceptors (Lipinski definition) is 3. The highest BCUT2D eigenvalue weighted by atomic mass is 16.1. The molecule has 4 aromatic rings. The molecule has 0 radical (unpaired) electrons. The zero-order valence-electron chi connectivity index (χ0n) is 15.4. The maximum atomic E-state index is 11.9. The third kappa shape index (κ3) is 3.14. The first kappa shape index (κ1) is 16.6. The predicted molar refractivity (Wildman–Crippen MR) is 109 cm³/mol. The minimum atomic E-state index is 0.259. The number of aryl methyl sites for hydroxylation is 1. The molecule has 0 spiro atoms. The van der Waals surface area contributed by atoms with Crippen LogP contribution in [0.1, 0.15) is 27.9 Å². The maximum Gasteiger partial charge on any atom is 0.163 e. The van der Waals surface area contributed by atoms with Gasteiger partial charge in [0.1, 0.15) is 0 Å². The number of pyridine rings is 1. The van der Waals surface area contributed by atoms with Crippen LogP contribution in [0.3, 0.4) is 0 Å². The Kier molecular flexibility index (Phi) is 4.09. The van der Waals surface area contributed by atoms with E-state index in [2.05, 4.69) is 35.3 Å². The van der Waals surface area contributed by atoms with E-state index in [1.54, 1.807) is 12.4 Å². The zero-order chi connectivity index (χ0) is 18.9. The van der Waals surface area contributed by atoms with Crippen LogP contribution < -0.4 is 0 Å². The van der Waals surface area contributed by atoms with Crippen molar-refractivity contribution in [3.63, 3.8) is 0 Å². The summed E-state index contributed by atoms with van der Waals surface area (Å²) in [5.74, 6) is 0.259. The first-order valence-corrected chi connectivity index (χ1v) is 9.45. The van der Waals surface area contributed by atoms with Gasteiger partial charge in [0, 0.05) is 36.1 Å². The van der Waals surface area contributed by atoms with Crippen LogP contribution in [0.4, 0.5) is 0 Å². The van der Waals surface area contributed by atoms with Gasteiger partial charge in [-0.25, -0.2) is 0 Å². The van der Waals surface area contributed by atoms with Crippen LogP contribution in [-0.4, -0.2) is 20.5 Å². The number of fused-ring (bicyclic) bond motifs is 1. The highest BCUT2D eigenvalue weighted by Gasteiger charge is 2.19. The second kappa shape index (κ2) is 6.89. The van der Waals surface area contributed by atoms with Crippen LogP contribution in [0, 0.1) is 0 Å². The Balaban J connectivity index is 1.43. The van der Waals surface area contributed by atoms with E-state index in [0.717, 1.165) is 46.5 Å². The fourth-order valence-electron chi connectivity index (χ4n) is 3.77. The van der Waals surface area contributed by atoms with Gasteiger partial charge in [0.25, 0.3) is 0 Å². The lowest BCUT2D eigenvalue weighted by Gasteiger charge is -2.07. The lowest BCUT2D eigenvalue weighted by atomic mass is 9.98. The summed E-state index contributed by atoms with van der Waals surface area (Å²) in [6.07, 6.45) is 7.08. The van der Waals surface area contributed by atoms with E-state index in [1.165, 1.54) is 5.56 Å². The van der Waals surface area contributed by atoms with Gasteiger partial charge in [0.05, 0.1) is 12.2 Å². The molecule has 0 atom stereocenters. The fraction of sp³-hybridized carbons (Fsp3) is 0.125. The van der Waals surface area contributed by atoms with Crippen LogP contribution in [0.15, 0.2) is 79.3 Å². The predicted octanol–water partition coefficient (Wildman–Crippen LogP) is 4.79. The molecular weight excluding hydrogens is 346 g/mol. The Bertz CT molecular complexity index is 1160. The van der Waals surface area contributed by atoms with Gasteiger partial charge in [0.15, 0.2) is 5.78 Å². The SMILES string of the molecule is O=C1CCc2cc(-c3cccc(-c4ccn(Cc5ccncc5)n4)c3)ccc21. The Morgan fingerprint density at radius 1 is 0.857 bits per heavy atom. The van der Waals surface area contributed by atoms with Crippen molar-refractivity contribution in [3.8, 4) is 22.4 Å². The average Bonchev–Trinajstić information content (AvgIpc) is 3.36. The topological polar surface area (TPSA) is 47.8 Å². The number of carbonyl (C=O) groups excluding carboxylic acids is 1. The molecule has 2 aromatic carbocycles. The summed E-state index contributed by atoms with van der Waals surface area (Å²) in [4.78, 5) is 15.9. The molecule has 0 saturated heterocycles. The molecule has 2 aromatic heterocycles. The standard InChI is InChI=1S/C24H19N3O/c28-24-7-5-20-14-19(4-6-22(20)24)18-2-1-3-21(15-18)23-10-13-27(26-23)16-17-8-11-25-12-9-17/h1-4,6,8-15H,5,7,16H2. The third-order valence-electron chi connectivity index (χ3n) is 5.25. The quantitative estimate of drug-likeness (QED) is 0.522. The monoisotopic (exact) mass is 365 g/mol. The van der Waals surface area contributed by atoms with E-state index in [0.29, 0.717) is 6.42 Å². The molecule has 5 rings (SSSR count). The van der Waals surface area contributed by atoms with Gasteiger partial charge in [0.2, 0.25) is 0 Å². The van der Waals surface area contributed by atoms with E-state index in [-0.39, 0.29) is 5.78 Å². The summed E-state index contributed by atoms with van der Waals surface area (Å²) < 4.78 is 1.94. The molecule has 4 heteroatoms. The van der Waals surface area contributed by atoms with E-state index >= 15 is 0 Å². The van der Waals surface area contributed by atoms with E-state index in [1.807, 2.05) is 41.2 Å². The minimum absolute atomic E-state index is 0.259. The second-order valence-corrected chi connectivity index (χ2v) is 7.13. The highest BCUT2D eigenvalue weighted by molar-refractivity contribution is 6.01. The van der Waals surface area contributed by atoms with Crippen molar-refractivity contribution in [3.05, 3.63) is 95.9 Å².